The van der Waals surface area contributed by atoms with E-state index in [-0.39, 0.29) is 11.8 Å². The zero-order valence-electron chi connectivity index (χ0n) is 12.5. The van der Waals surface area contributed by atoms with E-state index in [1.54, 1.807) is 35.8 Å². The molecule has 0 aromatic carbocycles. The summed E-state index contributed by atoms with van der Waals surface area (Å²) in [5.74, 6) is 0.609. The highest BCUT2D eigenvalue weighted by molar-refractivity contribution is 5.96. The normalized spacial score (nSPS) is 15.2. The average Bonchev–Trinajstić information content (AvgIpc) is 3.17. The number of furan rings is 1. The second-order valence-electron chi connectivity index (χ2n) is 5.26. The van der Waals surface area contributed by atoms with E-state index in [2.05, 4.69) is 5.16 Å². The summed E-state index contributed by atoms with van der Waals surface area (Å²) < 4.78 is 10.2. The van der Waals surface area contributed by atoms with Gasteiger partial charge in [-0.2, -0.15) is 0 Å². The molecule has 1 fully saturated rings. The second-order valence-corrected chi connectivity index (χ2v) is 5.26. The molecule has 2 aromatic heterocycles. The fraction of sp³-hybridized carbons (Fsp3) is 0.400. The molecule has 0 aliphatic carbocycles. The van der Waals surface area contributed by atoms with Gasteiger partial charge in [0.1, 0.15) is 11.3 Å². The third kappa shape index (κ3) is 2.49. The first-order valence-corrected chi connectivity index (χ1v) is 7.13. The lowest BCUT2D eigenvalue weighted by molar-refractivity contribution is 0.0517. The van der Waals surface area contributed by atoms with Gasteiger partial charge in [0.25, 0.3) is 11.8 Å². The van der Waals surface area contributed by atoms with Crippen LogP contribution in [-0.4, -0.2) is 52.9 Å². The van der Waals surface area contributed by atoms with Crippen LogP contribution in [0.3, 0.4) is 0 Å². The number of amides is 2. The van der Waals surface area contributed by atoms with Gasteiger partial charge >= 0.3 is 0 Å². The largest absolute Gasteiger partial charge is 0.459 e. The monoisotopic (exact) mass is 303 g/mol. The molecule has 7 heteroatoms. The number of hydrogen-bond acceptors (Lipinski definition) is 5. The van der Waals surface area contributed by atoms with Gasteiger partial charge in [0.05, 0.1) is 12.0 Å². The third-order valence-corrected chi connectivity index (χ3v) is 3.83. The van der Waals surface area contributed by atoms with Crippen molar-refractivity contribution in [3.05, 3.63) is 41.2 Å². The zero-order chi connectivity index (χ0) is 15.7. The highest BCUT2D eigenvalue weighted by Gasteiger charge is 2.29. The maximum Gasteiger partial charge on any atom is 0.289 e. The van der Waals surface area contributed by atoms with Crippen molar-refractivity contribution in [2.75, 3.05) is 26.2 Å². The Kier molecular flexibility index (Phi) is 3.70. The molecule has 3 rings (SSSR count). The number of piperazine rings is 1. The van der Waals surface area contributed by atoms with E-state index in [1.165, 1.54) is 6.26 Å². The highest BCUT2D eigenvalue weighted by Crippen LogP contribution is 2.17. The van der Waals surface area contributed by atoms with Crippen molar-refractivity contribution in [1.82, 2.24) is 15.0 Å². The summed E-state index contributed by atoms with van der Waals surface area (Å²) in [5.41, 5.74) is 1.11. The molecule has 22 heavy (non-hydrogen) atoms. The first kappa shape index (κ1) is 14.4. The van der Waals surface area contributed by atoms with Crippen LogP contribution in [0.25, 0.3) is 0 Å². The van der Waals surface area contributed by atoms with Gasteiger partial charge in [-0.25, -0.2) is 0 Å². The second kappa shape index (κ2) is 5.67. The Balaban J connectivity index is 1.65. The Labute approximate surface area is 127 Å². The van der Waals surface area contributed by atoms with Gasteiger partial charge in [0.2, 0.25) is 0 Å². The van der Waals surface area contributed by atoms with E-state index in [1.807, 2.05) is 0 Å². The zero-order valence-corrected chi connectivity index (χ0v) is 12.5. The molecule has 1 saturated heterocycles. The Morgan fingerprint density at radius 1 is 1.09 bits per heavy atom. The average molecular weight is 303 g/mol. The van der Waals surface area contributed by atoms with Crippen LogP contribution in [0.5, 0.6) is 0 Å². The van der Waals surface area contributed by atoms with E-state index in [9.17, 15) is 9.59 Å². The molecule has 2 amide bonds. The van der Waals surface area contributed by atoms with Crippen LogP contribution < -0.4 is 0 Å². The van der Waals surface area contributed by atoms with Crippen LogP contribution in [0.4, 0.5) is 0 Å². The molecule has 0 atom stereocenters. The lowest BCUT2D eigenvalue weighted by atomic mass is 10.1. The van der Waals surface area contributed by atoms with Gasteiger partial charge in [-0.15, -0.1) is 0 Å². The van der Waals surface area contributed by atoms with E-state index in [0.717, 1.165) is 0 Å². The first-order chi connectivity index (χ1) is 10.6. The SMILES string of the molecule is Cc1noc(C)c1C(=O)N1CCN(C(=O)c2ccco2)CC1. The lowest BCUT2D eigenvalue weighted by Gasteiger charge is -2.34. The summed E-state index contributed by atoms with van der Waals surface area (Å²) >= 11 is 0. The molecule has 3 heterocycles. The van der Waals surface area contributed by atoms with E-state index >= 15 is 0 Å². The number of rotatable bonds is 2. The number of hydrogen-bond donors (Lipinski definition) is 0. The standard InChI is InChI=1S/C15H17N3O4/c1-10-13(11(2)22-16-10)15(20)18-7-5-17(6-8-18)14(19)12-4-3-9-21-12/h3-4,9H,5-8H2,1-2H3. The summed E-state index contributed by atoms with van der Waals surface area (Å²) in [4.78, 5) is 28.1. The Bertz CT molecular complexity index is 662. The van der Waals surface area contributed by atoms with Crippen LogP contribution in [-0.2, 0) is 0 Å². The summed E-state index contributed by atoms with van der Waals surface area (Å²) in [5, 5.41) is 3.81. The summed E-state index contributed by atoms with van der Waals surface area (Å²) in [7, 11) is 0. The van der Waals surface area contributed by atoms with E-state index in [0.29, 0.717) is 49.0 Å². The van der Waals surface area contributed by atoms with Crippen molar-refractivity contribution in [1.29, 1.82) is 0 Å². The molecule has 0 N–H and O–H groups in total. The fourth-order valence-electron chi connectivity index (χ4n) is 2.62. The Morgan fingerprint density at radius 3 is 2.23 bits per heavy atom. The van der Waals surface area contributed by atoms with Crippen LogP contribution in [0.2, 0.25) is 0 Å². The van der Waals surface area contributed by atoms with Crippen LogP contribution in [0.1, 0.15) is 32.4 Å². The molecule has 0 spiro atoms. The third-order valence-electron chi connectivity index (χ3n) is 3.83. The highest BCUT2D eigenvalue weighted by atomic mass is 16.5. The summed E-state index contributed by atoms with van der Waals surface area (Å²) in [6.07, 6.45) is 1.48. The molecule has 1 aliphatic rings. The van der Waals surface area contributed by atoms with Gasteiger partial charge in [-0.1, -0.05) is 5.16 Å². The number of carbonyl (C=O) groups is 2. The summed E-state index contributed by atoms with van der Waals surface area (Å²) in [6, 6.07) is 3.33. The Morgan fingerprint density at radius 2 is 1.73 bits per heavy atom. The smallest absolute Gasteiger partial charge is 0.289 e. The van der Waals surface area contributed by atoms with Gasteiger partial charge < -0.3 is 18.7 Å². The maximum absolute atomic E-state index is 12.5. The maximum atomic E-state index is 12.5. The van der Waals surface area contributed by atoms with Gasteiger partial charge in [-0.05, 0) is 26.0 Å². The Hall–Kier alpha value is -2.57. The molecule has 0 saturated carbocycles. The lowest BCUT2D eigenvalue weighted by Crippen LogP contribution is -2.50. The predicted molar refractivity (Wildman–Crippen MR) is 76.5 cm³/mol. The van der Waals surface area contributed by atoms with Crippen molar-refractivity contribution < 1.29 is 18.5 Å². The van der Waals surface area contributed by atoms with E-state index < -0.39 is 0 Å². The van der Waals surface area contributed by atoms with E-state index in [4.69, 9.17) is 8.94 Å². The molecule has 0 radical (unpaired) electrons. The topological polar surface area (TPSA) is 79.8 Å². The molecule has 116 valence electrons. The molecule has 0 bridgehead atoms. The molecule has 7 nitrogen and oxygen atoms in total. The van der Waals surface area contributed by atoms with Gasteiger partial charge in [-0.3, -0.25) is 9.59 Å². The number of aryl methyl sites for hydroxylation is 2. The molecule has 1 aliphatic heterocycles. The first-order valence-electron chi connectivity index (χ1n) is 7.13. The quantitative estimate of drug-likeness (QED) is 0.839. The van der Waals surface area contributed by atoms with Gasteiger partial charge in [0, 0.05) is 26.2 Å². The van der Waals surface area contributed by atoms with Gasteiger partial charge in [0.15, 0.2) is 5.76 Å². The van der Waals surface area contributed by atoms with Crippen molar-refractivity contribution in [2.45, 2.75) is 13.8 Å². The molecular weight excluding hydrogens is 286 g/mol. The minimum atomic E-state index is -0.144. The number of carbonyl (C=O) groups excluding carboxylic acids is 2. The number of nitrogens with zero attached hydrogens (tertiary/aromatic N) is 3. The van der Waals surface area contributed by atoms with Crippen molar-refractivity contribution in [2.24, 2.45) is 0 Å². The van der Waals surface area contributed by atoms with Crippen LogP contribution in [0, 0.1) is 13.8 Å². The minimum absolute atomic E-state index is 0.0960. The predicted octanol–water partition coefficient (Wildman–Crippen LogP) is 1.48. The minimum Gasteiger partial charge on any atom is -0.459 e. The molecule has 0 unspecified atom stereocenters. The number of aromatic nitrogens is 1. The fourth-order valence-corrected chi connectivity index (χ4v) is 2.62. The van der Waals surface area contributed by atoms with Crippen LogP contribution in [0.15, 0.2) is 27.3 Å². The van der Waals surface area contributed by atoms with Crippen molar-refractivity contribution in [3.63, 3.8) is 0 Å². The van der Waals surface area contributed by atoms with Crippen LogP contribution >= 0.6 is 0 Å². The van der Waals surface area contributed by atoms with Crippen molar-refractivity contribution >= 4 is 11.8 Å². The molecule has 2 aromatic rings. The molecular formula is C15H17N3O4. The van der Waals surface area contributed by atoms with Crippen molar-refractivity contribution in [3.8, 4) is 0 Å². The summed E-state index contributed by atoms with van der Waals surface area (Å²) in [6.45, 7) is 5.40.